The van der Waals surface area contributed by atoms with Crippen molar-refractivity contribution in [1.82, 2.24) is 4.90 Å². The molecule has 0 unspecified atom stereocenters. The summed E-state index contributed by atoms with van der Waals surface area (Å²) in [5.74, 6) is 2.68. The molecule has 3 aromatic rings. The fraction of sp³-hybridized carbons (Fsp3) is 0.455. The lowest BCUT2D eigenvalue weighted by Crippen LogP contribution is -2.29. The fourth-order valence-electron chi connectivity index (χ4n) is 6.35. The highest BCUT2D eigenvalue weighted by Crippen LogP contribution is 2.43. The number of rotatable bonds is 9. The molecule has 5 rings (SSSR count). The number of piperidine rings is 1. The first-order valence-electron chi connectivity index (χ1n) is 14.2. The zero-order valence-corrected chi connectivity index (χ0v) is 23.5. The van der Waals surface area contributed by atoms with Gasteiger partial charge in [-0.1, -0.05) is 30.3 Å². The average molecular weight is 531 g/mol. The molecule has 39 heavy (non-hydrogen) atoms. The molecule has 6 heteroatoms. The monoisotopic (exact) mass is 530 g/mol. The number of fused-ring (bicyclic) bond motifs is 1. The van der Waals surface area contributed by atoms with Gasteiger partial charge in [-0.15, -0.1) is 0 Å². The molecule has 0 radical (unpaired) electrons. The van der Waals surface area contributed by atoms with Crippen LogP contribution in [0.5, 0.6) is 17.2 Å². The molecule has 1 aliphatic heterocycles. The smallest absolute Gasteiger partial charge is 0.162 e. The number of hydrogen-bond donors (Lipinski definition) is 2. The van der Waals surface area contributed by atoms with Crippen LogP contribution < -0.4 is 14.4 Å². The molecular formula is C33H42N2O4. The van der Waals surface area contributed by atoms with Crippen LogP contribution in [0.15, 0.2) is 54.6 Å². The van der Waals surface area contributed by atoms with Crippen molar-refractivity contribution in [2.75, 3.05) is 52.4 Å². The predicted molar refractivity (Wildman–Crippen MR) is 156 cm³/mol. The molecule has 1 atom stereocenters. The minimum absolute atomic E-state index is 0.0637. The van der Waals surface area contributed by atoms with E-state index in [0.29, 0.717) is 36.4 Å². The Hall–Kier alpha value is -3.22. The van der Waals surface area contributed by atoms with E-state index in [1.807, 2.05) is 6.07 Å². The zero-order chi connectivity index (χ0) is 27.4. The summed E-state index contributed by atoms with van der Waals surface area (Å²) < 4.78 is 11.4. The van der Waals surface area contributed by atoms with Crippen molar-refractivity contribution < 1.29 is 19.7 Å². The summed E-state index contributed by atoms with van der Waals surface area (Å²) in [5, 5.41) is 20.0. The lowest BCUT2D eigenvalue weighted by Gasteiger charge is -2.33. The number of aliphatic hydroxyl groups excluding tert-OH is 1. The van der Waals surface area contributed by atoms with Crippen molar-refractivity contribution in [1.29, 1.82) is 0 Å². The molecule has 1 aliphatic carbocycles. The van der Waals surface area contributed by atoms with Crippen molar-refractivity contribution in [2.24, 2.45) is 0 Å². The van der Waals surface area contributed by atoms with Crippen LogP contribution in [0.4, 0.5) is 5.69 Å². The zero-order valence-electron chi connectivity index (χ0n) is 23.5. The normalized spacial score (nSPS) is 18.0. The highest BCUT2D eigenvalue weighted by atomic mass is 16.5. The second-order valence-electron chi connectivity index (χ2n) is 11.1. The van der Waals surface area contributed by atoms with Crippen molar-refractivity contribution in [3.63, 3.8) is 0 Å². The van der Waals surface area contributed by atoms with Gasteiger partial charge in [-0.05, 0) is 110 Å². The number of anilines is 1. The van der Waals surface area contributed by atoms with E-state index in [4.69, 9.17) is 9.47 Å². The van der Waals surface area contributed by atoms with Gasteiger partial charge >= 0.3 is 0 Å². The highest BCUT2D eigenvalue weighted by Gasteiger charge is 2.27. The van der Waals surface area contributed by atoms with Crippen LogP contribution in [0.1, 0.15) is 58.9 Å². The summed E-state index contributed by atoms with van der Waals surface area (Å²) in [7, 11) is 5.55. The van der Waals surface area contributed by atoms with Gasteiger partial charge in [-0.3, -0.25) is 0 Å². The van der Waals surface area contributed by atoms with Crippen LogP contribution in [0.25, 0.3) is 0 Å². The number of phenolic OH excluding ortho intramolecular Hbond substituents is 1. The first kappa shape index (κ1) is 27.4. The minimum atomic E-state index is 0.0637. The lowest BCUT2D eigenvalue weighted by atomic mass is 9.79. The first-order chi connectivity index (χ1) is 19.0. The Morgan fingerprint density at radius 3 is 2.28 bits per heavy atom. The molecule has 208 valence electrons. The summed E-state index contributed by atoms with van der Waals surface area (Å²) in [6.45, 7) is 3.61. The number of aromatic hydroxyl groups is 1. The van der Waals surface area contributed by atoms with Gasteiger partial charge in [0, 0.05) is 24.8 Å². The molecule has 0 spiro atoms. The second kappa shape index (κ2) is 12.3. The van der Waals surface area contributed by atoms with Gasteiger partial charge in [-0.2, -0.15) is 0 Å². The minimum Gasteiger partial charge on any atom is -0.508 e. The molecule has 6 nitrogen and oxygen atoms in total. The molecule has 1 fully saturated rings. The van der Waals surface area contributed by atoms with Gasteiger partial charge in [0.05, 0.1) is 20.8 Å². The number of nitrogens with zero attached hydrogens (tertiary/aromatic N) is 2. The Morgan fingerprint density at radius 2 is 1.59 bits per heavy atom. The Labute approximate surface area is 232 Å². The Bertz CT molecular complexity index is 1250. The summed E-state index contributed by atoms with van der Waals surface area (Å²) in [6, 6.07) is 19.0. The number of likely N-dealkylation sites (tertiary alicyclic amines) is 1. The number of benzene rings is 3. The number of hydrogen-bond acceptors (Lipinski definition) is 6. The van der Waals surface area contributed by atoms with Crippen LogP contribution in [0, 0.1) is 0 Å². The topological polar surface area (TPSA) is 65.4 Å². The van der Waals surface area contributed by atoms with Gasteiger partial charge in [0.1, 0.15) is 5.75 Å². The van der Waals surface area contributed by atoms with Gasteiger partial charge in [0.25, 0.3) is 0 Å². The van der Waals surface area contributed by atoms with Crippen molar-refractivity contribution >= 4 is 5.69 Å². The maximum Gasteiger partial charge on any atom is 0.162 e. The van der Waals surface area contributed by atoms with E-state index in [-0.39, 0.29) is 6.61 Å². The largest absolute Gasteiger partial charge is 0.508 e. The standard InChI is InChI=1S/C33H42N2O4/c1-34-14-12-25(13-15-34)24-6-4-23(5-7-24)22-35(16-17-36)31-21-33(39-3)32(38-2)20-30(31)28-9-8-27-19-29(37)11-10-26(27)18-28/h4-7,10-11,19-21,25,28,36-37H,8-9,12-18,22H2,1-3H3/t28-/m1/s1. The third-order valence-electron chi connectivity index (χ3n) is 8.64. The highest BCUT2D eigenvalue weighted by molar-refractivity contribution is 5.64. The number of phenols is 1. The van der Waals surface area contributed by atoms with E-state index in [2.05, 4.69) is 59.3 Å². The SMILES string of the molecule is COc1cc([C@@H]2CCc3cc(O)ccc3C2)c(N(CCO)Cc2ccc(C3CCN(C)CC3)cc2)cc1OC. The molecule has 0 saturated carbocycles. The Balaban J connectivity index is 1.44. The first-order valence-corrected chi connectivity index (χ1v) is 14.2. The number of aryl methyl sites for hydroxylation is 1. The van der Waals surface area contributed by atoms with Gasteiger partial charge in [0.2, 0.25) is 0 Å². The van der Waals surface area contributed by atoms with Crippen LogP contribution in [0.2, 0.25) is 0 Å². The van der Waals surface area contributed by atoms with Crippen molar-refractivity contribution in [3.05, 3.63) is 82.4 Å². The van der Waals surface area contributed by atoms with Crippen LogP contribution in [0.3, 0.4) is 0 Å². The van der Waals surface area contributed by atoms with Crippen molar-refractivity contribution in [2.45, 2.75) is 50.5 Å². The number of methoxy groups -OCH3 is 2. The van der Waals surface area contributed by atoms with Crippen molar-refractivity contribution in [3.8, 4) is 17.2 Å². The summed E-state index contributed by atoms with van der Waals surface area (Å²) in [6.07, 6.45) is 5.23. The molecule has 3 aromatic carbocycles. The predicted octanol–water partition coefficient (Wildman–Crippen LogP) is 5.49. The van der Waals surface area contributed by atoms with E-state index in [0.717, 1.165) is 43.8 Å². The van der Waals surface area contributed by atoms with E-state index in [1.165, 1.54) is 40.7 Å². The third kappa shape index (κ3) is 6.18. The van der Waals surface area contributed by atoms with Crippen LogP contribution in [-0.4, -0.2) is 62.6 Å². The fourth-order valence-corrected chi connectivity index (χ4v) is 6.35. The van der Waals surface area contributed by atoms with E-state index >= 15 is 0 Å². The molecule has 1 heterocycles. The van der Waals surface area contributed by atoms with E-state index in [1.54, 1.807) is 20.3 Å². The number of aliphatic hydroxyl groups is 1. The summed E-state index contributed by atoms with van der Waals surface area (Å²) in [5.41, 5.74) is 7.45. The second-order valence-corrected chi connectivity index (χ2v) is 11.1. The molecule has 1 saturated heterocycles. The van der Waals surface area contributed by atoms with Crippen LogP contribution >= 0.6 is 0 Å². The molecule has 2 aliphatic rings. The quantitative estimate of drug-likeness (QED) is 0.381. The molecule has 0 amide bonds. The van der Waals surface area contributed by atoms with E-state index < -0.39 is 0 Å². The van der Waals surface area contributed by atoms with E-state index in [9.17, 15) is 10.2 Å². The molecular weight excluding hydrogens is 488 g/mol. The lowest BCUT2D eigenvalue weighted by molar-refractivity contribution is 0.255. The van der Waals surface area contributed by atoms with Gasteiger partial charge in [0.15, 0.2) is 11.5 Å². The maximum atomic E-state index is 10.1. The summed E-state index contributed by atoms with van der Waals surface area (Å²) >= 11 is 0. The van der Waals surface area contributed by atoms with Gasteiger partial charge in [-0.25, -0.2) is 0 Å². The Morgan fingerprint density at radius 1 is 0.872 bits per heavy atom. The number of ether oxygens (including phenoxy) is 2. The maximum absolute atomic E-state index is 10.1. The molecule has 2 N–H and O–H groups in total. The van der Waals surface area contributed by atoms with Gasteiger partial charge < -0.3 is 29.5 Å². The third-order valence-corrected chi connectivity index (χ3v) is 8.64. The van der Waals surface area contributed by atoms with Crippen LogP contribution in [-0.2, 0) is 19.4 Å². The Kier molecular flexibility index (Phi) is 8.63. The summed E-state index contributed by atoms with van der Waals surface area (Å²) in [4.78, 5) is 4.68. The average Bonchev–Trinajstić information content (AvgIpc) is 2.97. The molecule has 0 bridgehead atoms. The molecule has 0 aromatic heterocycles.